The van der Waals surface area contributed by atoms with Crippen molar-refractivity contribution in [2.75, 3.05) is 37.4 Å². The SMILES string of the molecule is Nc1nc(N[C@@H]2CCN(C3COC3)CC2(F)F)nn2ccc(-c3ccc4nccn4n3)c12. The molecule has 0 aliphatic carbocycles. The van der Waals surface area contributed by atoms with Crippen molar-refractivity contribution in [2.45, 2.75) is 24.4 Å². The third-order valence-electron chi connectivity index (χ3n) is 6.14. The van der Waals surface area contributed by atoms with Gasteiger partial charge in [0.25, 0.3) is 5.92 Å². The van der Waals surface area contributed by atoms with Crippen LogP contribution in [0.2, 0.25) is 0 Å². The van der Waals surface area contributed by atoms with Gasteiger partial charge in [-0.2, -0.15) is 10.1 Å². The second-order valence-corrected chi connectivity index (χ2v) is 8.20. The molecule has 2 aliphatic rings. The molecular formula is C20H21F2N9O. The summed E-state index contributed by atoms with van der Waals surface area (Å²) in [5, 5.41) is 11.7. The Kier molecular flexibility index (Phi) is 4.27. The average molecular weight is 441 g/mol. The lowest BCUT2D eigenvalue weighted by molar-refractivity contribution is -0.131. The first kappa shape index (κ1) is 19.3. The summed E-state index contributed by atoms with van der Waals surface area (Å²) in [4.78, 5) is 10.3. The average Bonchev–Trinajstić information content (AvgIpc) is 3.34. The van der Waals surface area contributed by atoms with Crippen LogP contribution in [0.1, 0.15) is 6.42 Å². The molecule has 0 unspecified atom stereocenters. The van der Waals surface area contributed by atoms with Gasteiger partial charge in [0.2, 0.25) is 5.95 Å². The molecule has 0 spiro atoms. The fourth-order valence-corrected chi connectivity index (χ4v) is 4.32. The number of fused-ring (bicyclic) bond motifs is 2. The van der Waals surface area contributed by atoms with Gasteiger partial charge in [-0.1, -0.05) is 0 Å². The number of imidazole rings is 1. The summed E-state index contributed by atoms with van der Waals surface area (Å²) in [6, 6.07) is 4.52. The maximum absolute atomic E-state index is 14.8. The number of halogens is 2. The summed E-state index contributed by atoms with van der Waals surface area (Å²) in [5.41, 5.74) is 8.93. The van der Waals surface area contributed by atoms with E-state index in [2.05, 4.69) is 25.5 Å². The Bertz CT molecular complexity index is 1300. The lowest BCUT2D eigenvalue weighted by atomic mass is 9.98. The van der Waals surface area contributed by atoms with Crippen LogP contribution in [0.5, 0.6) is 0 Å². The number of nitrogen functional groups attached to an aromatic ring is 1. The molecule has 0 radical (unpaired) electrons. The monoisotopic (exact) mass is 441 g/mol. The van der Waals surface area contributed by atoms with Crippen molar-refractivity contribution < 1.29 is 13.5 Å². The van der Waals surface area contributed by atoms with Gasteiger partial charge < -0.3 is 15.8 Å². The van der Waals surface area contributed by atoms with Crippen LogP contribution >= 0.6 is 0 Å². The van der Waals surface area contributed by atoms with Crippen LogP contribution in [0.15, 0.2) is 36.8 Å². The summed E-state index contributed by atoms with van der Waals surface area (Å²) >= 11 is 0. The number of hydrogen-bond donors (Lipinski definition) is 2. The Morgan fingerprint density at radius 2 is 2.00 bits per heavy atom. The fourth-order valence-electron chi connectivity index (χ4n) is 4.32. The van der Waals surface area contributed by atoms with Gasteiger partial charge in [-0.05, 0) is 24.6 Å². The number of piperidine rings is 1. The molecule has 0 amide bonds. The van der Waals surface area contributed by atoms with E-state index in [1.54, 1.807) is 32.5 Å². The van der Waals surface area contributed by atoms with Gasteiger partial charge in [-0.3, -0.25) is 4.90 Å². The van der Waals surface area contributed by atoms with Gasteiger partial charge >= 0.3 is 0 Å². The molecule has 32 heavy (non-hydrogen) atoms. The topological polar surface area (TPSA) is 111 Å². The first-order chi connectivity index (χ1) is 15.5. The zero-order valence-corrected chi connectivity index (χ0v) is 17.0. The molecule has 10 nitrogen and oxygen atoms in total. The van der Waals surface area contributed by atoms with Crippen LogP contribution in [0.4, 0.5) is 20.5 Å². The number of aromatic nitrogens is 6. The van der Waals surface area contributed by atoms with Crippen molar-refractivity contribution >= 4 is 22.9 Å². The van der Waals surface area contributed by atoms with E-state index < -0.39 is 12.0 Å². The zero-order chi connectivity index (χ0) is 21.9. The Labute approximate surface area is 181 Å². The summed E-state index contributed by atoms with van der Waals surface area (Å²) in [6.45, 7) is 1.29. The third kappa shape index (κ3) is 3.14. The van der Waals surface area contributed by atoms with Gasteiger partial charge in [0.15, 0.2) is 11.5 Å². The van der Waals surface area contributed by atoms with Crippen LogP contribution in [0.25, 0.3) is 22.4 Å². The molecule has 2 aliphatic heterocycles. The molecule has 2 fully saturated rings. The number of ether oxygens (including phenoxy) is 1. The number of nitrogens with zero attached hydrogens (tertiary/aromatic N) is 7. The van der Waals surface area contributed by atoms with Gasteiger partial charge in [-0.25, -0.2) is 22.8 Å². The second kappa shape index (κ2) is 7.07. The van der Waals surface area contributed by atoms with Gasteiger partial charge in [0.05, 0.1) is 37.5 Å². The molecule has 4 aromatic heterocycles. The molecule has 2 saturated heterocycles. The van der Waals surface area contributed by atoms with Crippen molar-refractivity contribution in [3.05, 3.63) is 36.8 Å². The Morgan fingerprint density at radius 1 is 1.12 bits per heavy atom. The molecule has 6 rings (SSSR count). The number of nitrogens with two attached hydrogens (primary N) is 1. The predicted octanol–water partition coefficient (Wildman–Crippen LogP) is 1.54. The minimum Gasteiger partial charge on any atom is -0.382 e. The summed E-state index contributed by atoms with van der Waals surface area (Å²) < 4.78 is 38.0. The smallest absolute Gasteiger partial charge is 0.280 e. The summed E-state index contributed by atoms with van der Waals surface area (Å²) in [7, 11) is 0. The standard InChI is InChI=1S/C20H21F2N9O/c21-20(22)11-29(12-9-32-10-12)6-4-15(20)25-19-26-18(23)17-13(3-7-31(17)28-19)14-1-2-16-24-5-8-30(16)27-14/h1-3,5,7-8,12,15H,4,6,9-11H2,(H3,23,25,26,28)/t15-/m1/s1. The number of alkyl halides is 2. The van der Waals surface area contributed by atoms with Crippen molar-refractivity contribution in [3.8, 4) is 11.3 Å². The molecule has 166 valence electrons. The van der Waals surface area contributed by atoms with Crippen molar-refractivity contribution in [1.82, 2.24) is 34.1 Å². The minimum absolute atomic E-state index is 0.0697. The normalized spacial score (nSPS) is 21.8. The Hall–Kier alpha value is -3.38. The first-order valence-corrected chi connectivity index (χ1v) is 10.4. The highest BCUT2D eigenvalue weighted by Gasteiger charge is 2.47. The van der Waals surface area contributed by atoms with Gasteiger partial charge in [-0.15, -0.1) is 5.10 Å². The van der Waals surface area contributed by atoms with Gasteiger partial charge in [0, 0.05) is 30.7 Å². The number of hydrogen-bond acceptors (Lipinski definition) is 8. The van der Waals surface area contributed by atoms with Gasteiger partial charge in [0.1, 0.15) is 5.52 Å². The van der Waals surface area contributed by atoms with Crippen LogP contribution in [-0.4, -0.2) is 78.4 Å². The predicted molar refractivity (Wildman–Crippen MR) is 113 cm³/mol. The van der Waals surface area contributed by atoms with Crippen molar-refractivity contribution in [1.29, 1.82) is 0 Å². The van der Waals surface area contributed by atoms with E-state index in [1.807, 2.05) is 18.2 Å². The maximum atomic E-state index is 14.8. The highest BCUT2D eigenvalue weighted by Crippen LogP contribution is 2.32. The molecule has 4 aromatic rings. The molecular weight excluding hydrogens is 420 g/mol. The van der Waals surface area contributed by atoms with Crippen molar-refractivity contribution in [3.63, 3.8) is 0 Å². The van der Waals surface area contributed by atoms with E-state index in [4.69, 9.17) is 10.5 Å². The van der Waals surface area contributed by atoms with Crippen LogP contribution < -0.4 is 11.1 Å². The van der Waals surface area contributed by atoms with E-state index in [9.17, 15) is 8.78 Å². The molecule has 0 aromatic carbocycles. The highest BCUT2D eigenvalue weighted by atomic mass is 19.3. The largest absolute Gasteiger partial charge is 0.382 e. The van der Waals surface area contributed by atoms with E-state index >= 15 is 0 Å². The molecule has 6 heterocycles. The van der Waals surface area contributed by atoms with E-state index in [1.165, 1.54) is 0 Å². The van der Waals surface area contributed by atoms with Crippen LogP contribution in [-0.2, 0) is 4.74 Å². The van der Waals surface area contributed by atoms with Crippen LogP contribution in [0, 0.1) is 0 Å². The molecule has 0 bridgehead atoms. The molecule has 0 saturated carbocycles. The molecule has 1 atom stereocenters. The van der Waals surface area contributed by atoms with Crippen LogP contribution in [0.3, 0.4) is 0 Å². The number of anilines is 2. The highest BCUT2D eigenvalue weighted by molar-refractivity contribution is 5.86. The first-order valence-electron chi connectivity index (χ1n) is 10.4. The fraction of sp³-hybridized carbons (Fsp3) is 0.400. The van der Waals surface area contributed by atoms with Crippen molar-refractivity contribution in [2.24, 2.45) is 0 Å². The van der Waals surface area contributed by atoms with E-state index in [0.717, 1.165) is 11.2 Å². The number of rotatable bonds is 4. The summed E-state index contributed by atoms with van der Waals surface area (Å²) in [6.07, 6.45) is 5.41. The Morgan fingerprint density at radius 3 is 2.78 bits per heavy atom. The summed E-state index contributed by atoms with van der Waals surface area (Å²) in [5.74, 6) is -2.67. The lowest BCUT2D eigenvalue weighted by Crippen LogP contribution is -2.61. The lowest BCUT2D eigenvalue weighted by Gasteiger charge is -2.44. The van der Waals surface area contributed by atoms with E-state index in [-0.39, 0.29) is 30.8 Å². The Balaban J connectivity index is 1.27. The molecule has 12 heteroatoms. The second-order valence-electron chi connectivity index (χ2n) is 8.20. The number of nitrogens with one attached hydrogen (secondary N) is 1. The molecule has 3 N–H and O–H groups in total. The van der Waals surface area contributed by atoms with E-state index in [0.29, 0.717) is 31.0 Å². The third-order valence-corrected chi connectivity index (χ3v) is 6.14. The maximum Gasteiger partial charge on any atom is 0.280 e. The zero-order valence-electron chi connectivity index (χ0n) is 17.0. The number of likely N-dealkylation sites (tertiary alicyclic amines) is 1. The quantitative estimate of drug-likeness (QED) is 0.491. The minimum atomic E-state index is -2.92.